The van der Waals surface area contributed by atoms with Crippen LogP contribution in [0.4, 0.5) is 17.1 Å². The molecule has 7 nitrogen and oxygen atoms in total. The first-order chi connectivity index (χ1) is 13.8. The van der Waals surface area contributed by atoms with E-state index in [4.69, 9.17) is 23.2 Å². The molecule has 0 saturated carbocycles. The first-order valence-corrected chi connectivity index (χ1v) is 9.02. The topological polar surface area (TPSA) is 101 Å². The molecule has 0 radical (unpaired) electrons. The normalized spacial score (nSPS) is 10.3. The fourth-order valence-corrected chi connectivity index (χ4v) is 2.86. The lowest BCUT2D eigenvalue weighted by Gasteiger charge is -2.10. The molecule has 29 heavy (non-hydrogen) atoms. The molecule has 0 unspecified atom stereocenters. The smallest absolute Gasteiger partial charge is 0.271 e. The van der Waals surface area contributed by atoms with Crippen LogP contribution in [0.25, 0.3) is 0 Å². The van der Waals surface area contributed by atoms with E-state index >= 15 is 0 Å². The maximum Gasteiger partial charge on any atom is 0.271 e. The standard InChI is InChI=1S/C20H13Cl2N3O4/c21-15-5-1-3-7-17(15)23-19(26)12-9-13(11-14(10-12)25(28)29)20(27)24-18-8-4-2-6-16(18)22/h1-11H,(H,23,26)(H,24,27). The summed E-state index contributed by atoms with van der Waals surface area (Å²) in [7, 11) is 0. The van der Waals surface area contributed by atoms with Gasteiger partial charge >= 0.3 is 0 Å². The third kappa shape index (κ3) is 4.90. The second kappa shape index (κ2) is 8.72. The molecule has 9 heteroatoms. The van der Waals surface area contributed by atoms with Crippen LogP contribution in [0, 0.1) is 10.1 Å². The zero-order chi connectivity index (χ0) is 21.0. The Labute approximate surface area is 175 Å². The van der Waals surface area contributed by atoms with Gasteiger partial charge in [-0.25, -0.2) is 0 Å². The minimum absolute atomic E-state index is 0.0663. The summed E-state index contributed by atoms with van der Waals surface area (Å²) in [4.78, 5) is 35.8. The molecule has 0 aliphatic carbocycles. The van der Waals surface area contributed by atoms with Crippen LogP contribution in [0.2, 0.25) is 10.0 Å². The Kier molecular flexibility index (Phi) is 6.11. The highest BCUT2D eigenvalue weighted by molar-refractivity contribution is 6.34. The van der Waals surface area contributed by atoms with Gasteiger partial charge in [0.05, 0.1) is 26.3 Å². The number of nitrogens with zero attached hydrogens (tertiary/aromatic N) is 1. The van der Waals surface area contributed by atoms with E-state index < -0.39 is 22.4 Å². The van der Waals surface area contributed by atoms with Crippen molar-refractivity contribution in [2.24, 2.45) is 0 Å². The van der Waals surface area contributed by atoms with E-state index in [9.17, 15) is 19.7 Å². The van der Waals surface area contributed by atoms with Crippen LogP contribution in [0.1, 0.15) is 20.7 Å². The summed E-state index contributed by atoms with van der Waals surface area (Å²) < 4.78 is 0. The lowest BCUT2D eigenvalue weighted by Crippen LogP contribution is -2.16. The second-order valence-electron chi connectivity index (χ2n) is 5.89. The molecule has 0 bridgehead atoms. The van der Waals surface area contributed by atoms with Crippen molar-refractivity contribution >= 4 is 52.1 Å². The quantitative estimate of drug-likeness (QED) is 0.418. The minimum atomic E-state index is -0.682. The Morgan fingerprint density at radius 3 is 1.55 bits per heavy atom. The average molecular weight is 430 g/mol. The van der Waals surface area contributed by atoms with Gasteiger partial charge in [-0.1, -0.05) is 47.5 Å². The van der Waals surface area contributed by atoms with Crippen molar-refractivity contribution < 1.29 is 14.5 Å². The predicted octanol–water partition coefficient (Wildman–Crippen LogP) is 5.41. The molecule has 2 amide bonds. The molecule has 0 aliphatic rings. The number of halogens is 2. The molecule has 0 aromatic heterocycles. The first kappa shape index (κ1) is 20.3. The number of hydrogen-bond acceptors (Lipinski definition) is 4. The molecular weight excluding hydrogens is 417 g/mol. The maximum atomic E-state index is 12.6. The van der Waals surface area contributed by atoms with Crippen LogP contribution in [-0.4, -0.2) is 16.7 Å². The number of carbonyl (C=O) groups is 2. The van der Waals surface area contributed by atoms with Gasteiger partial charge in [0.15, 0.2) is 0 Å². The van der Waals surface area contributed by atoms with Crippen LogP contribution in [0.3, 0.4) is 0 Å². The lowest BCUT2D eigenvalue weighted by atomic mass is 10.1. The minimum Gasteiger partial charge on any atom is -0.321 e. The Bertz CT molecular complexity index is 1040. The van der Waals surface area contributed by atoms with Crippen molar-refractivity contribution in [2.75, 3.05) is 10.6 Å². The number of amides is 2. The SMILES string of the molecule is O=C(Nc1ccccc1Cl)c1cc(C(=O)Nc2ccccc2Cl)cc([N+](=O)[O-])c1. The third-order valence-electron chi connectivity index (χ3n) is 3.90. The van der Waals surface area contributed by atoms with Crippen LogP contribution >= 0.6 is 23.2 Å². The van der Waals surface area contributed by atoms with E-state index in [1.54, 1.807) is 48.5 Å². The molecule has 3 aromatic rings. The monoisotopic (exact) mass is 429 g/mol. The van der Waals surface area contributed by atoms with E-state index in [1.807, 2.05) is 0 Å². The zero-order valence-corrected chi connectivity index (χ0v) is 16.2. The van der Waals surface area contributed by atoms with Gasteiger partial charge in [-0.05, 0) is 30.3 Å². The average Bonchev–Trinajstić information content (AvgIpc) is 2.71. The summed E-state index contributed by atoms with van der Waals surface area (Å²) in [5.74, 6) is -1.29. The largest absolute Gasteiger partial charge is 0.321 e. The zero-order valence-electron chi connectivity index (χ0n) is 14.7. The highest BCUT2D eigenvalue weighted by Gasteiger charge is 2.19. The van der Waals surface area contributed by atoms with Crippen molar-refractivity contribution in [3.63, 3.8) is 0 Å². The van der Waals surface area contributed by atoms with Crippen LogP contribution in [-0.2, 0) is 0 Å². The van der Waals surface area contributed by atoms with E-state index in [0.29, 0.717) is 21.4 Å². The summed E-state index contributed by atoms with van der Waals surface area (Å²) >= 11 is 12.0. The lowest BCUT2D eigenvalue weighted by molar-refractivity contribution is -0.384. The summed E-state index contributed by atoms with van der Waals surface area (Å²) in [5, 5.41) is 17.0. The number of nitro groups is 1. The number of benzene rings is 3. The maximum absolute atomic E-state index is 12.6. The van der Waals surface area contributed by atoms with Gasteiger partial charge in [0, 0.05) is 23.3 Å². The van der Waals surface area contributed by atoms with Crippen molar-refractivity contribution in [3.8, 4) is 0 Å². The predicted molar refractivity (Wildman–Crippen MR) is 112 cm³/mol. The van der Waals surface area contributed by atoms with Crippen molar-refractivity contribution in [3.05, 3.63) is 98.0 Å². The van der Waals surface area contributed by atoms with Crippen molar-refractivity contribution in [1.82, 2.24) is 0 Å². The number of rotatable bonds is 5. The number of hydrogen-bond donors (Lipinski definition) is 2. The molecule has 0 heterocycles. The molecule has 0 spiro atoms. The molecule has 0 aliphatic heterocycles. The molecular formula is C20H13Cl2N3O4. The van der Waals surface area contributed by atoms with Gasteiger partial charge in [0.1, 0.15) is 0 Å². The highest BCUT2D eigenvalue weighted by Crippen LogP contribution is 2.25. The number of anilines is 2. The summed E-state index contributed by atoms with van der Waals surface area (Å²) in [5.41, 5.74) is 0.147. The molecule has 0 atom stereocenters. The van der Waals surface area contributed by atoms with Crippen LogP contribution in [0.15, 0.2) is 66.7 Å². The van der Waals surface area contributed by atoms with E-state index in [1.165, 1.54) is 6.07 Å². The molecule has 146 valence electrons. The van der Waals surface area contributed by atoms with Gasteiger partial charge in [0.25, 0.3) is 17.5 Å². The Morgan fingerprint density at radius 1 is 0.759 bits per heavy atom. The Morgan fingerprint density at radius 2 is 1.17 bits per heavy atom. The van der Waals surface area contributed by atoms with Crippen molar-refractivity contribution in [1.29, 1.82) is 0 Å². The van der Waals surface area contributed by atoms with E-state index in [0.717, 1.165) is 12.1 Å². The number of non-ortho nitro benzene ring substituents is 1. The van der Waals surface area contributed by atoms with Gasteiger partial charge in [-0.3, -0.25) is 19.7 Å². The molecule has 0 fully saturated rings. The molecule has 3 rings (SSSR count). The van der Waals surface area contributed by atoms with Crippen molar-refractivity contribution in [2.45, 2.75) is 0 Å². The van der Waals surface area contributed by atoms with Crippen LogP contribution < -0.4 is 10.6 Å². The van der Waals surface area contributed by atoms with Gasteiger partial charge in [-0.2, -0.15) is 0 Å². The summed E-state index contributed by atoms with van der Waals surface area (Å²) in [6.45, 7) is 0. The number of para-hydroxylation sites is 2. The highest BCUT2D eigenvalue weighted by atomic mass is 35.5. The number of nitrogens with one attached hydrogen (secondary N) is 2. The van der Waals surface area contributed by atoms with Gasteiger partial charge < -0.3 is 10.6 Å². The second-order valence-corrected chi connectivity index (χ2v) is 6.71. The van der Waals surface area contributed by atoms with E-state index in [2.05, 4.69) is 10.6 Å². The van der Waals surface area contributed by atoms with E-state index in [-0.39, 0.29) is 11.1 Å². The summed E-state index contributed by atoms with van der Waals surface area (Å²) in [6.07, 6.45) is 0. The molecule has 0 saturated heterocycles. The van der Waals surface area contributed by atoms with Gasteiger partial charge in [-0.15, -0.1) is 0 Å². The fourth-order valence-electron chi connectivity index (χ4n) is 2.49. The molecule has 2 N–H and O–H groups in total. The van der Waals surface area contributed by atoms with Crippen LogP contribution in [0.5, 0.6) is 0 Å². The summed E-state index contributed by atoms with van der Waals surface area (Å²) in [6, 6.07) is 16.5. The Balaban J connectivity index is 1.92. The molecule has 3 aromatic carbocycles. The first-order valence-electron chi connectivity index (χ1n) is 8.26. The number of nitro benzene ring substituents is 1. The third-order valence-corrected chi connectivity index (χ3v) is 4.56. The number of carbonyl (C=O) groups excluding carboxylic acids is 2. The fraction of sp³-hybridized carbons (Fsp3) is 0. The Hall–Kier alpha value is -3.42. The van der Waals surface area contributed by atoms with Gasteiger partial charge in [0.2, 0.25) is 0 Å².